The zero-order valence-corrected chi connectivity index (χ0v) is 10.5. The van der Waals surface area contributed by atoms with Crippen LogP contribution in [-0.4, -0.2) is 52.5 Å². The zero-order chi connectivity index (χ0) is 13.4. The number of pyridine rings is 1. The number of amides is 1. The van der Waals surface area contributed by atoms with Crippen molar-refractivity contribution in [3.63, 3.8) is 0 Å². The van der Waals surface area contributed by atoms with Crippen LogP contribution in [0.15, 0.2) is 18.3 Å². The van der Waals surface area contributed by atoms with E-state index in [9.17, 15) is 9.59 Å². The number of hydrogen-bond acceptors (Lipinski definition) is 4. The molecule has 2 saturated heterocycles. The van der Waals surface area contributed by atoms with Crippen molar-refractivity contribution in [3.05, 3.63) is 24.0 Å². The van der Waals surface area contributed by atoms with E-state index in [1.165, 1.54) is 6.20 Å². The van der Waals surface area contributed by atoms with Crippen molar-refractivity contribution >= 4 is 17.6 Å². The van der Waals surface area contributed by atoms with Crippen LogP contribution in [-0.2, 0) is 4.79 Å². The SMILES string of the molecule is O=C(O)c1cc(N2CCN3C(=O)CCC3C2)ccn1. The maximum atomic E-state index is 11.6. The third-order valence-corrected chi connectivity index (χ3v) is 3.82. The lowest BCUT2D eigenvalue weighted by molar-refractivity contribution is -0.129. The molecule has 1 aromatic heterocycles. The van der Waals surface area contributed by atoms with Gasteiger partial charge in [0, 0.05) is 44.0 Å². The van der Waals surface area contributed by atoms with Crippen molar-refractivity contribution in [1.29, 1.82) is 0 Å². The number of nitrogens with zero attached hydrogens (tertiary/aromatic N) is 3. The lowest BCUT2D eigenvalue weighted by atomic mass is 10.1. The van der Waals surface area contributed by atoms with Crippen LogP contribution in [0.5, 0.6) is 0 Å². The number of piperazine rings is 1. The number of hydrogen-bond donors (Lipinski definition) is 1. The summed E-state index contributed by atoms with van der Waals surface area (Å²) >= 11 is 0. The monoisotopic (exact) mass is 261 g/mol. The Balaban J connectivity index is 1.78. The topological polar surface area (TPSA) is 73.7 Å². The van der Waals surface area contributed by atoms with E-state index in [-0.39, 0.29) is 17.6 Å². The van der Waals surface area contributed by atoms with E-state index in [4.69, 9.17) is 5.11 Å². The number of carboxylic acids is 1. The van der Waals surface area contributed by atoms with E-state index >= 15 is 0 Å². The van der Waals surface area contributed by atoms with Crippen LogP contribution < -0.4 is 4.90 Å². The second-order valence-corrected chi connectivity index (χ2v) is 4.93. The zero-order valence-electron chi connectivity index (χ0n) is 10.5. The predicted molar refractivity (Wildman–Crippen MR) is 68.1 cm³/mol. The molecule has 2 fully saturated rings. The molecule has 6 heteroatoms. The van der Waals surface area contributed by atoms with Gasteiger partial charge < -0.3 is 14.9 Å². The highest BCUT2D eigenvalue weighted by Crippen LogP contribution is 2.26. The summed E-state index contributed by atoms with van der Waals surface area (Å²) in [5.41, 5.74) is 0.925. The smallest absolute Gasteiger partial charge is 0.354 e. The lowest BCUT2D eigenvalue weighted by Gasteiger charge is -2.38. The van der Waals surface area contributed by atoms with Crippen molar-refractivity contribution in [2.75, 3.05) is 24.5 Å². The van der Waals surface area contributed by atoms with Gasteiger partial charge >= 0.3 is 5.97 Å². The maximum absolute atomic E-state index is 11.6. The molecule has 6 nitrogen and oxygen atoms in total. The number of carbonyl (C=O) groups excluding carboxylic acids is 1. The van der Waals surface area contributed by atoms with E-state index in [0.29, 0.717) is 13.0 Å². The van der Waals surface area contributed by atoms with Crippen LogP contribution in [0.1, 0.15) is 23.3 Å². The van der Waals surface area contributed by atoms with E-state index < -0.39 is 5.97 Å². The fourth-order valence-corrected chi connectivity index (χ4v) is 2.83. The fraction of sp³-hybridized carbons (Fsp3) is 0.462. The molecule has 0 bridgehead atoms. The van der Waals surface area contributed by atoms with Gasteiger partial charge in [0.15, 0.2) is 0 Å². The Morgan fingerprint density at radius 3 is 3.05 bits per heavy atom. The molecule has 2 aliphatic heterocycles. The average Bonchev–Trinajstić information content (AvgIpc) is 2.80. The van der Waals surface area contributed by atoms with Gasteiger partial charge in [-0.25, -0.2) is 9.78 Å². The molecular formula is C13H15N3O3. The summed E-state index contributed by atoms with van der Waals surface area (Å²) in [6.45, 7) is 2.23. The van der Waals surface area contributed by atoms with Crippen molar-refractivity contribution in [1.82, 2.24) is 9.88 Å². The highest BCUT2D eigenvalue weighted by Gasteiger charge is 2.35. The Hall–Kier alpha value is -2.11. The van der Waals surface area contributed by atoms with Gasteiger partial charge in [0.1, 0.15) is 5.69 Å². The summed E-state index contributed by atoms with van der Waals surface area (Å²) in [5.74, 6) is -0.776. The van der Waals surface area contributed by atoms with E-state index in [2.05, 4.69) is 9.88 Å². The normalized spacial score (nSPS) is 22.5. The number of fused-ring (bicyclic) bond motifs is 1. The average molecular weight is 261 g/mol. The first-order valence-corrected chi connectivity index (χ1v) is 6.39. The number of aromatic carboxylic acids is 1. The molecule has 0 spiro atoms. The number of rotatable bonds is 2. The molecule has 3 heterocycles. The molecular weight excluding hydrogens is 246 g/mol. The fourth-order valence-electron chi connectivity index (χ4n) is 2.83. The third-order valence-electron chi connectivity index (χ3n) is 3.82. The number of carbonyl (C=O) groups is 2. The second-order valence-electron chi connectivity index (χ2n) is 4.93. The minimum absolute atomic E-state index is 0.0578. The van der Waals surface area contributed by atoms with Crippen molar-refractivity contribution < 1.29 is 14.7 Å². The molecule has 0 aromatic carbocycles. The number of anilines is 1. The Bertz CT molecular complexity index is 532. The Morgan fingerprint density at radius 2 is 2.26 bits per heavy atom. The Morgan fingerprint density at radius 1 is 1.42 bits per heavy atom. The van der Waals surface area contributed by atoms with Gasteiger partial charge in [-0.15, -0.1) is 0 Å². The van der Waals surface area contributed by atoms with E-state index in [1.54, 1.807) is 6.07 Å². The van der Waals surface area contributed by atoms with Crippen LogP contribution in [0.4, 0.5) is 5.69 Å². The molecule has 3 rings (SSSR count). The van der Waals surface area contributed by atoms with E-state index in [0.717, 1.165) is 25.2 Å². The molecule has 0 radical (unpaired) electrons. The highest BCUT2D eigenvalue weighted by molar-refractivity contribution is 5.86. The quantitative estimate of drug-likeness (QED) is 0.843. The summed E-state index contributed by atoms with van der Waals surface area (Å²) in [7, 11) is 0. The lowest BCUT2D eigenvalue weighted by Crippen LogP contribution is -2.51. The first kappa shape index (κ1) is 12.0. The van der Waals surface area contributed by atoms with Crippen molar-refractivity contribution in [2.45, 2.75) is 18.9 Å². The van der Waals surface area contributed by atoms with E-state index in [1.807, 2.05) is 11.0 Å². The Kier molecular flexibility index (Phi) is 2.85. The molecule has 1 atom stereocenters. The molecule has 100 valence electrons. The summed E-state index contributed by atoms with van der Waals surface area (Å²) in [5, 5.41) is 8.96. The van der Waals surface area contributed by atoms with Gasteiger partial charge in [-0.05, 0) is 18.6 Å². The van der Waals surface area contributed by atoms with Crippen LogP contribution in [0.2, 0.25) is 0 Å². The number of carboxylic acid groups (broad SMARTS) is 1. The first-order chi connectivity index (χ1) is 9.15. The standard InChI is InChI=1S/C13H15N3O3/c17-12-2-1-10-8-15(5-6-16(10)12)9-3-4-14-11(7-9)13(18)19/h3-4,7,10H,1-2,5-6,8H2,(H,18,19). The highest BCUT2D eigenvalue weighted by atomic mass is 16.4. The Labute approximate surface area is 110 Å². The van der Waals surface area contributed by atoms with Crippen molar-refractivity contribution in [3.8, 4) is 0 Å². The number of aromatic nitrogens is 1. The largest absolute Gasteiger partial charge is 0.477 e. The second kappa shape index (κ2) is 4.53. The van der Waals surface area contributed by atoms with Crippen molar-refractivity contribution in [2.24, 2.45) is 0 Å². The van der Waals surface area contributed by atoms with Gasteiger partial charge in [0.25, 0.3) is 0 Å². The van der Waals surface area contributed by atoms with Gasteiger partial charge in [0.05, 0.1) is 0 Å². The van der Waals surface area contributed by atoms with Gasteiger partial charge in [-0.2, -0.15) is 0 Å². The van der Waals surface area contributed by atoms with Crippen LogP contribution in [0, 0.1) is 0 Å². The van der Waals surface area contributed by atoms with Crippen LogP contribution in [0.3, 0.4) is 0 Å². The predicted octanol–water partition coefficient (Wildman–Crippen LogP) is 0.591. The molecule has 0 aliphatic carbocycles. The van der Waals surface area contributed by atoms with Gasteiger partial charge in [-0.1, -0.05) is 0 Å². The molecule has 19 heavy (non-hydrogen) atoms. The molecule has 1 N–H and O–H groups in total. The summed E-state index contributed by atoms with van der Waals surface area (Å²) in [6.07, 6.45) is 3.05. The summed E-state index contributed by atoms with van der Waals surface area (Å²) < 4.78 is 0. The summed E-state index contributed by atoms with van der Waals surface area (Å²) in [4.78, 5) is 30.4. The van der Waals surface area contributed by atoms with Crippen LogP contribution >= 0.6 is 0 Å². The molecule has 1 amide bonds. The third kappa shape index (κ3) is 2.14. The minimum atomic E-state index is -1.02. The minimum Gasteiger partial charge on any atom is -0.477 e. The van der Waals surface area contributed by atoms with Crippen LogP contribution in [0.25, 0.3) is 0 Å². The summed E-state index contributed by atoms with van der Waals surface area (Å²) in [6, 6.07) is 3.68. The molecule has 0 saturated carbocycles. The van der Waals surface area contributed by atoms with Gasteiger partial charge in [0.2, 0.25) is 5.91 Å². The molecule has 1 unspecified atom stereocenters. The maximum Gasteiger partial charge on any atom is 0.354 e. The molecule has 1 aromatic rings. The van der Waals surface area contributed by atoms with Gasteiger partial charge in [-0.3, -0.25) is 4.79 Å². The first-order valence-electron chi connectivity index (χ1n) is 6.39. The molecule has 2 aliphatic rings.